The van der Waals surface area contributed by atoms with Crippen molar-refractivity contribution in [1.82, 2.24) is 16.0 Å². The largest absolute Gasteiger partial charge is 0.679 e. The van der Waals surface area contributed by atoms with Crippen molar-refractivity contribution < 1.29 is 36.7 Å². The maximum Gasteiger partial charge on any atom is 0.679 e. The number of hydrogen-bond donors (Lipinski definition) is 3. The predicted octanol–water partition coefficient (Wildman–Crippen LogP) is 4.69. The summed E-state index contributed by atoms with van der Waals surface area (Å²) in [6, 6.07) is 0. The van der Waals surface area contributed by atoms with Gasteiger partial charge in [0.1, 0.15) is 0 Å². The van der Waals surface area contributed by atoms with Crippen molar-refractivity contribution in [3.05, 3.63) is 0 Å². The monoisotopic (exact) mass is 668 g/mol. The van der Waals surface area contributed by atoms with Crippen LogP contribution >= 0.6 is 0 Å². The molecule has 0 amide bonds. The fourth-order valence-electron chi connectivity index (χ4n) is 3.61. The van der Waals surface area contributed by atoms with E-state index in [0.29, 0.717) is 65.9 Å². The molecule has 12 heteroatoms. The van der Waals surface area contributed by atoms with Crippen LogP contribution in [0.25, 0.3) is 0 Å². The summed E-state index contributed by atoms with van der Waals surface area (Å²) in [5, 5.41) is 10.1. The molecule has 0 saturated carbocycles. The van der Waals surface area contributed by atoms with Crippen molar-refractivity contribution in [3.8, 4) is 0 Å². The van der Waals surface area contributed by atoms with Crippen LogP contribution in [0.2, 0.25) is 0 Å². The molecule has 11 nitrogen and oxygen atoms in total. The molecule has 0 saturated heterocycles. The van der Waals surface area contributed by atoms with Gasteiger partial charge in [-0.15, -0.1) is 0 Å². The summed E-state index contributed by atoms with van der Waals surface area (Å²) < 4.78 is 48.6. The van der Waals surface area contributed by atoms with Gasteiger partial charge in [0.15, 0.2) is 0 Å². The first-order valence-electron chi connectivity index (χ1n) is 17.1. The molecular formula is C33H73N3O8Si. The average molecular weight is 668 g/mol. The average Bonchev–Trinajstić information content (AvgIpc) is 2.88. The molecule has 0 heterocycles. The van der Waals surface area contributed by atoms with Gasteiger partial charge in [0.05, 0.1) is 62.0 Å². The van der Waals surface area contributed by atoms with Gasteiger partial charge in [-0.05, 0) is 102 Å². The Balaban J connectivity index is 5.07. The van der Waals surface area contributed by atoms with Crippen molar-refractivity contribution in [2.45, 2.75) is 125 Å². The zero-order valence-corrected chi connectivity index (χ0v) is 32.3. The SMILES string of the molecule is CC(C)(C)OCCCCCO[Si](OCCNCCOC(C)(C)C)(OCCNCCOC(C)(C)C)OCCNCCOC(C)(C)C. The molecule has 0 aliphatic rings. The van der Waals surface area contributed by atoms with E-state index in [-0.39, 0.29) is 22.4 Å². The van der Waals surface area contributed by atoms with Crippen LogP contribution in [0.5, 0.6) is 0 Å². The van der Waals surface area contributed by atoms with Crippen LogP contribution in [-0.2, 0) is 36.7 Å². The normalized spacial score (nSPS) is 13.6. The zero-order valence-electron chi connectivity index (χ0n) is 31.3. The highest BCUT2D eigenvalue weighted by atomic mass is 28.4. The second-order valence-electron chi connectivity index (χ2n) is 15.0. The Bertz CT molecular complexity index is 574. The molecule has 0 atom stereocenters. The lowest BCUT2D eigenvalue weighted by atomic mass is 10.2. The Morgan fingerprint density at radius 2 is 0.600 bits per heavy atom. The fraction of sp³-hybridized carbons (Fsp3) is 1.00. The maximum absolute atomic E-state index is 6.37. The van der Waals surface area contributed by atoms with Crippen LogP contribution in [0.4, 0.5) is 0 Å². The third kappa shape index (κ3) is 33.5. The highest BCUT2D eigenvalue weighted by Crippen LogP contribution is 2.15. The first-order valence-corrected chi connectivity index (χ1v) is 18.7. The maximum atomic E-state index is 6.37. The highest BCUT2D eigenvalue weighted by molar-refractivity contribution is 6.53. The van der Waals surface area contributed by atoms with Crippen molar-refractivity contribution >= 4 is 9.05 Å². The van der Waals surface area contributed by atoms with E-state index in [0.717, 1.165) is 45.5 Å². The summed E-state index contributed by atoms with van der Waals surface area (Å²) in [6.45, 7) is 33.1. The molecule has 3 N–H and O–H groups in total. The van der Waals surface area contributed by atoms with Crippen molar-refractivity contribution in [3.63, 3.8) is 0 Å². The van der Waals surface area contributed by atoms with Gasteiger partial charge < -0.3 is 52.6 Å². The number of unbranched alkanes of at least 4 members (excludes halogenated alkanes) is 2. The highest BCUT2D eigenvalue weighted by Gasteiger charge is 2.45. The quantitative estimate of drug-likeness (QED) is 0.0799. The van der Waals surface area contributed by atoms with Crippen molar-refractivity contribution in [2.24, 2.45) is 0 Å². The van der Waals surface area contributed by atoms with Crippen LogP contribution in [-0.4, -0.2) is 124 Å². The van der Waals surface area contributed by atoms with E-state index in [1.807, 2.05) is 0 Å². The van der Waals surface area contributed by atoms with Crippen molar-refractivity contribution in [2.75, 3.05) is 92.1 Å². The Labute approximate surface area is 278 Å². The smallest absolute Gasteiger partial charge is 0.376 e. The van der Waals surface area contributed by atoms with Crippen LogP contribution in [0.1, 0.15) is 102 Å². The van der Waals surface area contributed by atoms with E-state index in [1.54, 1.807) is 0 Å². The predicted molar refractivity (Wildman–Crippen MR) is 185 cm³/mol. The standard InChI is InChI=1S/C33H73N3O8Si/c1-30(2,3)37-22-14-13-15-23-41-45(42-27-19-34-16-24-38-31(4,5)6,43-28-20-35-17-25-39-32(7,8)9)44-29-21-36-18-26-40-33(10,11)12/h34-36H,13-29H2,1-12H3. The Kier molecular flexibility index (Phi) is 23.9. The molecule has 0 aliphatic heterocycles. The minimum atomic E-state index is -3.43. The molecule has 0 radical (unpaired) electrons. The topological polar surface area (TPSA) is 110 Å². The molecule has 0 unspecified atom stereocenters. The van der Waals surface area contributed by atoms with Gasteiger partial charge in [0.25, 0.3) is 0 Å². The van der Waals surface area contributed by atoms with Crippen LogP contribution < -0.4 is 16.0 Å². The summed E-state index contributed by atoms with van der Waals surface area (Å²) in [4.78, 5) is 0. The number of rotatable bonds is 28. The van der Waals surface area contributed by atoms with E-state index in [9.17, 15) is 0 Å². The zero-order chi connectivity index (χ0) is 34.3. The Morgan fingerprint density at radius 3 is 0.933 bits per heavy atom. The molecule has 0 aromatic heterocycles. The first-order chi connectivity index (χ1) is 20.8. The van der Waals surface area contributed by atoms with E-state index in [1.165, 1.54) is 0 Å². The first kappa shape index (κ1) is 44.8. The van der Waals surface area contributed by atoms with Gasteiger partial charge in [-0.3, -0.25) is 0 Å². The van der Waals surface area contributed by atoms with Gasteiger partial charge in [-0.25, -0.2) is 0 Å². The summed E-state index contributed by atoms with van der Waals surface area (Å²) in [6.07, 6.45) is 2.82. The van der Waals surface area contributed by atoms with E-state index in [4.69, 9.17) is 36.7 Å². The van der Waals surface area contributed by atoms with Gasteiger partial charge in [0.2, 0.25) is 0 Å². The molecule has 0 spiro atoms. The molecule has 0 fully saturated rings. The van der Waals surface area contributed by atoms with Gasteiger partial charge >= 0.3 is 9.05 Å². The number of hydrogen-bond acceptors (Lipinski definition) is 11. The second-order valence-corrected chi connectivity index (χ2v) is 17.2. The third-order valence-electron chi connectivity index (χ3n) is 5.72. The van der Waals surface area contributed by atoms with Crippen LogP contribution in [0.3, 0.4) is 0 Å². The minimum Gasteiger partial charge on any atom is -0.376 e. The summed E-state index contributed by atoms with van der Waals surface area (Å²) in [5.41, 5.74) is -0.599. The van der Waals surface area contributed by atoms with Crippen molar-refractivity contribution in [1.29, 1.82) is 0 Å². The summed E-state index contributed by atoms with van der Waals surface area (Å²) >= 11 is 0. The minimum absolute atomic E-state index is 0.124. The van der Waals surface area contributed by atoms with Gasteiger partial charge in [0, 0.05) is 52.5 Å². The third-order valence-corrected chi connectivity index (χ3v) is 7.95. The fourth-order valence-corrected chi connectivity index (χ4v) is 5.56. The van der Waals surface area contributed by atoms with Gasteiger partial charge in [-0.2, -0.15) is 0 Å². The lowest BCUT2D eigenvalue weighted by Gasteiger charge is -2.29. The lowest BCUT2D eigenvalue weighted by Crippen LogP contribution is -2.52. The Morgan fingerprint density at radius 1 is 0.333 bits per heavy atom. The lowest BCUT2D eigenvalue weighted by molar-refractivity contribution is -0.0358. The molecule has 0 bridgehead atoms. The number of ether oxygens (including phenoxy) is 4. The van der Waals surface area contributed by atoms with Gasteiger partial charge in [-0.1, -0.05) is 0 Å². The van der Waals surface area contributed by atoms with E-state index < -0.39 is 9.05 Å². The second kappa shape index (κ2) is 24.0. The molecule has 0 aromatic carbocycles. The summed E-state index contributed by atoms with van der Waals surface area (Å²) in [7, 11) is -3.43. The molecule has 0 rings (SSSR count). The molecule has 0 aliphatic carbocycles. The van der Waals surface area contributed by atoms with E-state index >= 15 is 0 Å². The molecule has 272 valence electrons. The molecule has 45 heavy (non-hydrogen) atoms. The van der Waals surface area contributed by atoms with Crippen LogP contribution in [0, 0.1) is 0 Å². The molecule has 0 aromatic rings. The number of nitrogens with one attached hydrogen (secondary N) is 3. The van der Waals surface area contributed by atoms with E-state index in [2.05, 4.69) is 99.0 Å². The van der Waals surface area contributed by atoms with Crippen LogP contribution in [0.15, 0.2) is 0 Å². The molecular weight excluding hydrogens is 594 g/mol. The summed E-state index contributed by atoms with van der Waals surface area (Å²) in [5.74, 6) is 0. The Hall–Kier alpha value is -0.223.